The first-order chi connectivity index (χ1) is 12.1. The molecule has 0 bridgehead atoms. The summed E-state index contributed by atoms with van der Waals surface area (Å²) in [6.45, 7) is 1.69. The van der Waals surface area contributed by atoms with Crippen LogP contribution in [0.3, 0.4) is 0 Å². The Bertz CT molecular complexity index is 855. The molecule has 6 heteroatoms. The first-order valence-electron chi connectivity index (χ1n) is 8.22. The highest BCUT2D eigenvalue weighted by Gasteiger charge is 2.29. The van der Waals surface area contributed by atoms with Gasteiger partial charge in [0, 0.05) is 29.4 Å². The maximum atomic E-state index is 12.1. The molecule has 1 saturated heterocycles. The second-order valence-electron chi connectivity index (χ2n) is 6.38. The van der Waals surface area contributed by atoms with Gasteiger partial charge in [0.1, 0.15) is 0 Å². The molecule has 25 heavy (non-hydrogen) atoms. The zero-order valence-corrected chi connectivity index (χ0v) is 15.1. The van der Waals surface area contributed by atoms with Gasteiger partial charge in [0.2, 0.25) is 11.8 Å². The lowest BCUT2D eigenvalue weighted by atomic mass is 9.89. The van der Waals surface area contributed by atoms with Crippen molar-refractivity contribution in [3.05, 3.63) is 64.2 Å². The van der Waals surface area contributed by atoms with E-state index in [1.165, 1.54) is 11.1 Å². The fraction of sp³-hybridized carbons (Fsp3) is 0.263. The first-order valence-corrected chi connectivity index (χ1v) is 9.37. The lowest BCUT2D eigenvalue weighted by Gasteiger charge is -2.21. The monoisotopic (exact) mass is 372 g/mol. The molecule has 1 N–H and O–H groups in total. The van der Waals surface area contributed by atoms with E-state index in [1.807, 2.05) is 30.3 Å². The molecule has 0 radical (unpaired) electrons. The van der Waals surface area contributed by atoms with Gasteiger partial charge in [0.25, 0.3) is 0 Å². The van der Waals surface area contributed by atoms with Crippen LogP contribution in [0.5, 0.6) is 0 Å². The molecular formula is C19H17ClN2O2S. The molecule has 2 aliphatic rings. The van der Waals surface area contributed by atoms with E-state index in [0.29, 0.717) is 12.8 Å². The van der Waals surface area contributed by atoms with Gasteiger partial charge in [-0.2, -0.15) is 0 Å². The van der Waals surface area contributed by atoms with Gasteiger partial charge < -0.3 is 0 Å². The van der Waals surface area contributed by atoms with E-state index in [2.05, 4.69) is 21.8 Å². The smallest absolute Gasteiger partial charge is 0.234 e. The topological polar surface area (TPSA) is 49.4 Å². The zero-order chi connectivity index (χ0) is 17.4. The summed E-state index contributed by atoms with van der Waals surface area (Å²) >= 11 is 7.75. The Morgan fingerprint density at radius 1 is 1.08 bits per heavy atom. The molecule has 2 amide bonds. The number of nitrogens with zero attached hydrogens (tertiary/aromatic N) is 1. The van der Waals surface area contributed by atoms with Crippen LogP contribution in [0.4, 0.5) is 0 Å². The first kappa shape index (κ1) is 16.6. The molecule has 4 rings (SSSR count). The molecule has 4 nitrogen and oxygen atoms in total. The van der Waals surface area contributed by atoms with Gasteiger partial charge in [-0.3, -0.25) is 14.9 Å². The number of carbonyl (C=O) groups excluding carboxylic acids is 2. The number of rotatable bonds is 3. The van der Waals surface area contributed by atoms with E-state index in [4.69, 9.17) is 11.6 Å². The number of piperidine rings is 1. The normalized spacial score (nSPS) is 20.4. The van der Waals surface area contributed by atoms with Crippen molar-refractivity contribution in [3.8, 4) is 0 Å². The lowest BCUT2D eigenvalue weighted by molar-refractivity contribution is -0.134. The average molecular weight is 373 g/mol. The summed E-state index contributed by atoms with van der Waals surface area (Å²) in [4.78, 5) is 24.5. The van der Waals surface area contributed by atoms with Crippen LogP contribution >= 0.6 is 23.5 Å². The van der Waals surface area contributed by atoms with Crippen LogP contribution in [0.1, 0.15) is 35.4 Å². The zero-order valence-electron chi connectivity index (χ0n) is 13.5. The van der Waals surface area contributed by atoms with Crippen molar-refractivity contribution < 1.29 is 9.59 Å². The third-order valence-electron chi connectivity index (χ3n) is 4.60. The van der Waals surface area contributed by atoms with Crippen LogP contribution in [-0.2, 0) is 22.7 Å². The molecule has 1 atom stereocenters. The van der Waals surface area contributed by atoms with E-state index in [1.54, 1.807) is 11.9 Å². The SMILES string of the molecule is O=C1CCC(c2ccc3c(c2)CN(Sc2cccc(Cl)c2)C3)C(=O)N1. The second kappa shape index (κ2) is 6.83. The fourth-order valence-corrected chi connectivity index (χ4v) is 4.63. The second-order valence-corrected chi connectivity index (χ2v) is 7.99. The van der Waals surface area contributed by atoms with E-state index < -0.39 is 0 Å². The van der Waals surface area contributed by atoms with Gasteiger partial charge in [0.15, 0.2) is 0 Å². The molecule has 0 aliphatic carbocycles. The van der Waals surface area contributed by atoms with Crippen LogP contribution in [0.2, 0.25) is 5.02 Å². The van der Waals surface area contributed by atoms with Crippen LogP contribution in [0.25, 0.3) is 0 Å². The number of fused-ring (bicyclic) bond motifs is 1. The molecule has 0 spiro atoms. The Balaban J connectivity index is 1.49. The number of hydrogen-bond acceptors (Lipinski definition) is 4. The summed E-state index contributed by atoms with van der Waals surface area (Å²) in [7, 11) is 0. The van der Waals surface area contributed by atoms with Gasteiger partial charge in [-0.1, -0.05) is 35.9 Å². The maximum absolute atomic E-state index is 12.1. The number of benzene rings is 2. The highest BCUT2D eigenvalue weighted by Crippen LogP contribution is 2.35. The molecule has 1 fully saturated rings. The molecule has 2 heterocycles. The number of carbonyl (C=O) groups is 2. The van der Waals surface area contributed by atoms with Gasteiger partial charge in [-0.25, -0.2) is 4.31 Å². The quantitative estimate of drug-likeness (QED) is 0.656. The third kappa shape index (κ3) is 3.59. The maximum Gasteiger partial charge on any atom is 0.234 e. The minimum atomic E-state index is -0.224. The molecule has 2 aromatic carbocycles. The number of amides is 2. The highest BCUT2D eigenvalue weighted by atomic mass is 35.5. The van der Waals surface area contributed by atoms with Crippen molar-refractivity contribution in [2.45, 2.75) is 36.7 Å². The van der Waals surface area contributed by atoms with Crippen molar-refractivity contribution in [1.82, 2.24) is 9.62 Å². The Morgan fingerprint density at radius 2 is 1.92 bits per heavy atom. The highest BCUT2D eigenvalue weighted by molar-refractivity contribution is 7.97. The fourth-order valence-electron chi connectivity index (χ4n) is 3.35. The Kier molecular flexibility index (Phi) is 4.54. The molecule has 128 valence electrons. The molecule has 2 aromatic rings. The van der Waals surface area contributed by atoms with Gasteiger partial charge in [-0.05, 0) is 53.3 Å². The predicted octanol–water partition coefficient (Wildman–Crippen LogP) is 3.88. The lowest BCUT2D eigenvalue weighted by Crippen LogP contribution is -2.39. The predicted molar refractivity (Wildman–Crippen MR) is 98.1 cm³/mol. The van der Waals surface area contributed by atoms with Crippen LogP contribution in [-0.4, -0.2) is 16.1 Å². The molecule has 0 aromatic heterocycles. The number of hydrogen-bond donors (Lipinski definition) is 1. The average Bonchev–Trinajstić information content (AvgIpc) is 2.96. The summed E-state index contributed by atoms with van der Waals surface area (Å²) in [6, 6.07) is 14.1. The van der Waals surface area contributed by atoms with Crippen LogP contribution in [0.15, 0.2) is 47.4 Å². The van der Waals surface area contributed by atoms with Crippen molar-refractivity contribution in [1.29, 1.82) is 0 Å². The van der Waals surface area contributed by atoms with Crippen molar-refractivity contribution in [3.63, 3.8) is 0 Å². The largest absolute Gasteiger partial charge is 0.296 e. The Labute approximate surface area is 155 Å². The Morgan fingerprint density at radius 3 is 2.72 bits per heavy atom. The van der Waals surface area contributed by atoms with Gasteiger partial charge >= 0.3 is 0 Å². The summed E-state index contributed by atoms with van der Waals surface area (Å²) in [5.41, 5.74) is 3.53. The summed E-state index contributed by atoms with van der Waals surface area (Å²) in [6.07, 6.45) is 0.995. The summed E-state index contributed by atoms with van der Waals surface area (Å²) < 4.78 is 2.28. The molecule has 1 unspecified atom stereocenters. The van der Waals surface area contributed by atoms with Crippen molar-refractivity contribution >= 4 is 35.4 Å². The van der Waals surface area contributed by atoms with E-state index in [9.17, 15) is 9.59 Å². The van der Waals surface area contributed by atoms with Crippen LogP contribution in [0, 0.1) is 0 Å². The number of halogens is 1. The molecule has 0 saturated carbocycles. The van der Waals surface area contributed by atoms with Crippen molar-refractivity contribution in [2.75, 3.05) is 0 Å². The summed E-state index contributed by atoms with van der Waals surface area (Å²) in [5, 5.41) is 3.18. The van der Waals surface area contributed by atoms with E-state index >= 15 is 0 Å². The van der Waals surface area contributed by atoms with E-state index in [0.717, 1.165) is 28.6 Å². The summed E-state index contributed by atoms with van der Waals surface area (Å²) in [5.74, 6) is -0.580. The molecule has 2 aliphatic heterocycles. The van der Waals surface area contributed by atoms with Gasteiger partial charge in [0.05, 0.1) is 5.92 Å². The van der Waals surface area contributed by atoms with Gasteiger partial charge in [-0.15, -0.1) is 0 Å². The minimum Gasteiger partial charge on any atom is -0.296 e. The van der Waals surface area contributed by atoms with Crippen LogP contribution < -0.4 is 5.32 Å². The third-order valence-corrected chi connectivity index (χ3v) is 5.81. The minimum absolute atomic E-state index is 0.175. The standard InChI is InChI=1S/C19H17ClN2O2S/c20-15-2-1-3-16(9-15)25-22-10-13-5-4-12(8-14(13)11-22)17-6-7-18(23)21-19(17)24/h1-5,8-9,17H,6-7,10-11H2,(H,21,23,24). The molecular weight excluding hydrogens is 356 g/mol. The Hall–Kier alpha value is -1.82. The van der Waals surface area contributed by atoms with E-state index in [-0.39, 0.29) is 17.7 Å². The van der Waals surface area contributed by atoms with Crippen molar-refractivity contribution in [2.24, 2.45) is 0 Å². The number of imide groups is 1. The number of nitrogens with one attached hydrogen (secondary N) is 1.